The van der Waals surface area contributed by atoms with Crippen molar-refractivity contribution < 1.29 is 14.3 Å². The first-order chi connectivity index (χ1) is 12.2. The molecule has 0 atom stereocenters. The predicted octanol–water partition coefficient (Wildman–Crippen LogP) is 4.12. The van der Waals surface area contributed by atoms with Crippen LogP contribution in [0.5, 0.6) is 0 Å². The molecule has 1 amide bonds. The van der Waals surface area contributed by atoms with Crippen LogP contribution in [0.25, 0.3) is 16.3 Å². The Kier molecular flexibility index (Phi) is 5.20. The summed E-state index contributed by atoms with van der Waals surface area (Å²) in [6.07, 6.45) is 3.13. The second-order valence-corrected chi connectivity index (χ2v) is 6.20. The number of nitrogens with zero attached hydrogens (tertiary/aromatic N) is 1. The fraction of sp³-hybridized carbons (Fsp3) is 0.105. The molecule has 1 heterocycles. The number of anilines is 1. The lowest BCUT2D eigenvalue weighted by Gasteiger charge is -2.04. The maximum absolute atomic E-state index is 12.0. The van der Waals surface area contributed by atoms with Gasteiger partial charge in [-0.1, -0.05) is 12.1 Å². The SMILES string of the molecule is CCOC(=O)c1ccc(NC(=O)C=Cc2nc3ccccc3s2)cc1. The summed E-state index contributed by atoms with van der Waals surface area (Å²) in [4.78, 5) is 28.0. The summed E-state index contributed by atoms with van der Waals surface area (Å²) in [6, 6.07) is 14.4. The predicted molar refractivity (Wildman–Crippen MR) is 99.7 cm³/mol. The lowest BCUT2D eigenvalue weighted by molar-refractivity contribution is -0.111. The minimum atomic E-state index is -0.379. The van der Waals surface area contributed by atoms with Gasteiger partial charge in [0.15, 0.2) is 0 Å². The first-order valence-electron chi connectivity index (χ1n) is 7.77. The van der Waals surface area contributed by atoms with Crippen molar-refractivity contribution in [1.29, 1.82) is 0 Å². The van der Waals surface area contributed by atoms with Crippen molar-refractivity contribution in [2.24, 2.45) is 0 Å². The van der Waals surface area contributed by atoms with Gasteiger partial charge in [-0.15, -0.1) is 11.3 Å². The summed E-state index contributed by atoms with van der Waals surface area (Å²) in [6.45, 7) is 2.08. The van der Waals surface area contributed by atoms with Crippen LogP contribution < -0.4 is 5.32 Å². The number of carbonyl (C=O) groups is 2. The number of para-hydroxylation sites is 1. The number of thiazole rings is 1. The summed E-state index contributed by atoms with van der Waals surface area (Å²) >= 11 is 1.53. The number of rotatable bonds is 5. The molecule has 0 radical (unpaired) electrons. The topological polar surface area (TPSA) is 68.3 Å². The first-order valence-corrected chi connectivity index (χ1v) is 8.59. The third-order valence-corrected chi connectivity index (χ3v) is 4.35. The van der Waals surface area contributed by atoms with E-state index in [9.17, 15) is 9.59 Å². The van der Waals surface area contributed by atoms with Gasteiger partial charge < -0.3 is 10.1 Å². The molecule has 0 saturated carbocycles. The number of carbonyl (C=O) groups excluding carboxylic acids is 2. The van der Waals surface area contributed by atoms with E-state index in [1.165, 1.54) is 17.4 Å². The molecule has 6 heteroatoms. The van der Waals surface area contributed by atoms with Gasteiger partial charge in [-0.3, -0.25) is 4.79 Å². The van der Waals surface area contributed by atoms with Crippen LogP contribution in [-0.2, 0) is 9.53 Å². The van der Waals surface area contributed by atoms with E-state index in [-0.39, 0.29) is 11.9 Å². The van der Waals surface area contributed by atoms with Crippen LogP contribution in [-0.4, -0.2) is 23.5 Å². The number of hydrogen-bond acceptors (Lipinski definition) is 5. The Morgan fingerprint density at radius 3 is 2.64 bits per heavy atom. The molecule has 25 heavy (non-hydrogen) atoms. The quantitative estimate of drug-likeness (QED) is 0.554. The van der Waals surface area contributed by atoms with Crippen LogP contribution in [0, 0.1) is 0 Å². The van der Waals surface area contributed by atoms with Crippen molar-refractivity contribution in [2.45, 2.75) is 6.92 Å². The van der Waals surface area contributed by atoms with E-state index >= 15 is 0 Å². The molecular weight excluding hydrogens is 336 g/mol. The molecule has 1 aromatic heterocycles. The molecule has 0 saturated heterocycles. The van der Waals surface area contributed by atoms with E-state index in [0.717, 1.165) is 15.2 Å². The molecule has 0 bridgehead atoms. The molecular formula is C19H16N2O3S. The highest BCUT2D eigenvalue weighted by Gasteiger charge is 2.06. The van der Waals surface area contributed by atoms with E-state index in [1.807, 2.05) is 24.3 Å². The van der Waals surface area contributed by atoms with Crippen molar-refractivity contribution in [3.63, 3.8) is 0 Å². The minimum Gasteiger partial charge on any atom is -0.462 e. The molecule has 5 nitrogen and oxygen atoms in total. The molecule has 126 valence electrons. The van der Waals surface area contributed by atoms with Crippen LogP contribution in [0.15, 0.2) is 54.6 Å². The van der Waals surface area contributed by atoms with Crippen LogP contribution in [0.2, 0.25) is 0 Å². The maximum Gasteiger partial charge on any atom is 0.338 e. The second-order valence-electron chi connectivity index (χ2n) is 5.14. The molecule has 0 aliphatic rings. The summed E-state index contributed by atoms with van der Waals surface area (Å²) in [5.74, 6) is -0.640. The van der Waals surface area contributed by atoms with Crippen molar-refractivity contribution >= 4 is 45.2 Å². The Morgan fingerprint density at radius 1 is 1.16 bits per heavy atom. The van der Waals surface area contributed by atoms with Gasteiger partial charge in [0.1, 0.15) is 5.01 Å². The standard InChI is InChI=1S/C19H16N2O3S/c1-2-24-19(23)13-7-9-14(10-8-13)20-17(22)11-12-18-21-15-5-3-4-6-16(15)25-18/h3-12H,2H2,1H3,(H,20,22). The average Bonchev–Trinajstić information content (AvgIpc) is 3.04. The van der Waals surface area contributed by atoms with Gasteiger partial charge in [-0.05, 0) is 49.4 Å². The monoisotopic (exact) mass is 352 g/mol. The number of nitrogens with one attached hydrogen (secondary N) is 1. The van der Waals surface area contributed by atoms with Gasteiger partial charge in [0.2, 0.25) is 5.91 Å². The number of amides is 1. The average molecular weight is 352 g/mol. The smallest absolute Gasteiger partial charge is 0.338 e. The number of aromatic nitrogens is 1. The van der Waals surface area contributed by atoms with Crippen molar-refractivity contribution in [1.82, 2.24) is 4.98 Å². The number of hydrogen-bond donors (Lipinski definition) is 1. The van der Waals surface area contributed by atoms with Gasteiger partial charge in [0, 0.05) is 11.8 Å². The Morgan fingerprint density at radius 2 is 1.92 bits per heavy atom. The van der Waals surface area contributed by atoms with Gasteiger partial charge in [0.05, 0.1) is 22.4 Å². The molecule has 0 aliphatic heterocycles. The Labute approximate surface area is 149 Å². The minimum absolute atomic E-state index is 0.261. The third-order valence-electron chi connectivity index (χ3n) is 3.35. The lowest BCUT2D eigenvalue weighted by Crippen LogP contribution is -2.08. The summed E-state index contributed by atoms with van der Waals surface area (Å²) < 4.78 is 6.00. The fourth-order valence-corrected chi connectivity index (χ4v) is 3.07. The first kappa shape index (κ1) is 16.9. The highest BCUT2D eigenvalue weighted by Crippen LogP contribution is 2.22. The molecule has 0 fully saturated rings. The molecule has 0 spiro atoms. The normalized spacial score (nSPS) is 10.9. The van der Waals surface area contributed by atoms with Crippen LogP contribution in [0.4, 0.5) is 5.69 Å². The van der Waals surface area contributed by atoms with Crippen LogP contribution in [0.1, 0.15) is 22.3 Å². The van der Waals surface area contributed by atoms with Crippen LogP contribution in [0.3, 0.4) is 0 Å². The van der Waals surface area contributed by atoms with Gasteiger partial charge in [-0.2, -0.15) is 0 Å². The van der Waals surface area contributed by atoms with E-state index in [0.29, 0.717) is 17.9 Å². The van der Waals surface area contributed by atoms with Gasteiger partial charge >= 0.3 is 5.97 Å². The van der Waals surface area contributed by atoms with E-state index in [2.05, 4.69) is 10.3 Å². The van der Waals surface area contributed by atoms with Crippen LogP contribution >= 0.6 is 11.3 Å². The molecule has 1 N–H and O–H groups in total. The van der Waals surface area contributed by atoms with E-state index in [1.54, 1.807) is 37.3 Å². The molecule has 3 rings (SSSR count). The molecule has 0 unspecified atom stereocenters. The largest absolute Gasteiger partial charge is 0.462 e. The Bertz CT molecular complexity index is 896. The van der Waals surface area contributed by atoms with Gasteiger partial charge in [-0.25, -0.2) is 9.78 Å². The van der Waals surface area contributed by atoms with Crippen molar-refractivity contribution in [2.75, 3.05) is 11.9 Å². The zero-order chi connectivity index (χ0) is 17.6. The zero-order valence-electron chi connectivity index (χ0n) is 13.6. The summed E-state index contributed by atoms with van der Waals surface area (Å²) in [5.41, 5.74) is 1.97. The van der Waals surface area contributed by atoms with Crippen molar-refractivity contribution in [3.8, 4) is 0 Å². The number of fused-ring (bicyclic) bond motifs is 1. The number of ether oxygens (including phenoxy) is 1. The molecule has 3 aromatic rings. The highest BCUT2D eigenvalue weighted by molar-refractivity contribution is 7.19. The molecule has 0 aliphatic carbocycles. The fourth-order valence-electron chi connectivity index (χ4n) is 2.20. The van der Waals surface area contributed by atoms with E-state index < -0.39 is 0 Å². The Hall–Kier alpha value is -2.99. The zero-order valence-corrected chi connectivity index (χ0v) is 14.4. The Balaban J connectivity index is 1.62. The second kappa shape index (κ2) is 7.72. The maximum atomic E-state index is 12.0. The van der Waals surface area contributed by atoms with Gasteiger partial charge in [0.25, 0.3) is 0 Å². The highest BCUT2D eigenvalue weighted by atomic mass is 32.1. The third kappa shape index (κ3) is 4.30. The summed E-state index contributed by atoms with van der Waals surface area (Å²) in [7, 11) is 0. The number of benzene rings is 2. The lowest BCUT2D eigenvalue weighted by atomic mass is 10.2. The number of esters is 1. The van der Waals surface area contributed by atoms with E-state index in [4.69, 9.17) is 4.74 Å². The summed E-state index contributed by atoms with van der Waals surface area (Å²) in [5, 5.41) is 3.52. The van der Waals surface area contributed by atoms with Crippen molar-refractivity contribution in [3.05, 3.63) is 65.2 Å². The molecule has 2 aromatic carbocycles.